The Balaban J connectivity index is 2.40. The van der Waals surface area contributed by atoms with Crippen LogP contribution >= 0.6 is 0 Å². The van der Waals surface area contributed by atoms with E-state index in [0.717, 1.165) is 25.1 Å². The Bertz CT molecular complexity index is 375. The second kappa shape index (κ2) is 4.07. The Morgan fingerprint density at radius 2 is 1.81 bits per heavy atom. The van der Waals surface area contributed by atoms with Crippen molar-refractivity contribution in [3.8, 4) is 0 Å². The fourth-order valence-electron chi connectivity index (χ4n) is 2.22. The lowest BCUT2D eigenvalue weighted by atomic mass is 10.0. The van der Waals surface area contributed by atoms with Crippen LogP contribution in [0.1, 0.15) is 18.0 Å². The normalized spacial score (nSPS) is 26.3. The van der Waals surface area contributed by atoms with Gasteiger partial charge in [-0.3, -0.25) is 4.90 Å². The van der Waals surface area contributed by atoms with Gasteiger partial charge in [0.2, 0.25) is 0 Å². The van der Waals surface area contributed by atoms with E-state index in [4.69, 9.17) is 5.73 Å². The van der Waals surface area contributed by atoms with Crippen LogP contribution in [0.15, 0.2) is 12.1 Å². The molecule has 0 spiro atoms. The molecule has 5 heteroatoms. The summed E-state index contributed by atoms with van der Waals surface area (Å²) in [5, 5.41) is 0. The lowest BCUT2D eigenvalue weighted by Gasteiger charge is -2.23. The summed E-state index contributed by atoms with van der Waals surface area (Å²) in [5.74, 6) is -3.76. The van der Waals surface area contributed by atoms with E-state index in [1.54, 1.807) is 0 Å². The van der Waals surface area contributed by atoms with Crippen LogP contribution in [0.5, 0.6) is 0 Å². The van der Waals surface area contributed by atoms with E-state index >= 15 is 0 Å². The standard InChI is InChI=1S/C11H13F3N2/c1-16-3-2-9(15)11(16)6-4-7(12)10(14)8(13)5-6/h4-5,9,11H,2-3,15H2,1H3. The van der Waals surface area contributed by atoms with Crippen LogP contribution in [-0.2, 0) is 0 Å². The molecule has 0 radical (unpaired) electrons. The van der Waals surface area contributed by atoms with E-state index in [2.05, 4.69) is 0 Å². The molecule has 2 N–H and O–H groups in total. The zero-order chi connectivity index (χ0) is 11.9. The summed E-state index contributed by atoms with van der Waals surface area (Å²) in [6.45, 7) is 0.770. The SMILES string of the molecule is CN1CCC(N)C1c1cc(F)c(F)c(F)c1. The lowest BCUT2D eigenvalue weighted by molar-refractivity contribution is 0.301. The highest BCUT2D eigenvalue weighted by Gasteiger charge is 2.31. The molecular weight excluding hydrogens is 217 g/mol. The first-order valence-corrected chi connectivity index (χ1v) is 5.11. The molecule has 1 aromatic rings. The third-order valence-corrected chi connectivity index (χ3v) is 3.04. The molecule has 1 aliphatic rings. The number of halogens is 3. The number of nitrogens with zero attached hydrogens (tertiary/aromatic N) is 1. The van der Waals surface area contributed by atoms with E-state index in [1.165, 1.54) is 0 Å². The van der Waals surface area contributed by atoms with E-state index in [9.17, 15) is 13.2 Å². The predicted octanol–water partition coefficient (Wildman–Crippen LogP) is 1.81. The molecule has 2 nitrogen and oxygen atoms in total. The molecule has 0 amide bonds. The maximum Gasteiger partial charge on any atom is 0.194 e. The summed E-state index contributed by atoms with van der Waals surface area (Å²) in [4.78, 5) is 1.91. The molecule has 0 saturated carbocycles. The topological polar surface area (TPSA) is 29.3 Å². The van der Waals surface area contributed by atoms with E-state index in [-0.39, 0.29) is 12.1 Å². The number of benzene rings is 1. The van der Waals surface area contributed by atoms with Gasteiger partial charge in [0.1, 0.15) is 0 Å². The smallest absolute Gasteiger partial charge is 0.194 e. The van der Waals surface area contributed by atoms with Crippen LogP contribution in [-0.4, -0.2) is 24.5 Å². The molecule has 1 aliphatic heterocycles. The monoisotopic (exact) mass is 230 g/mol. The molecule has 0 aliphatic carbocycles. The first-order chi connectivity index (χ1) is 7.50. The summed E-state index contributed by atoms with van der Waals surface area (Å²) >= 11 is 0. The van der Waals surface area contributed by atoms with Crippen molar-refractivity contribution in [2.45, 2.75) is 18.5 Å². The Morgan fingerprint density at radius 1 is 1.25 bits per heavy atom. The van der Waals surface area contributed by atoms with Crippen molar-refractivity contribution in [1.29, 1.82) is 0 Å². The minimum atomic E-state index is -1.43. The minimum absolute atomic E-state index is 0.172. The maximum absolute atomic E-state index is 13.1. The van der Waals surface area contributed by atoms with Crippen LogP contribution in [0, 0.1) is 17.5 Å². The van der Waals surface area contributed by atoms with Gasteiger partial charge in [-0.15, -0.1) is 0 Å². The maximum atomic E-state index is 13.1. The van der Waals surface area contributed by atoms with Crippen molar-refractivity contribution < 1.29 is 13.2 Å². The van der Waals surface area contributed by atoms with Gasteiger partial charge in [0, 0.05) is 18.6 Å². The highest BCUT2D eigenvalue weighted by Crippen LogP contribution is 2.31. The molecule has 1 saturated heterocycles. The van der Waals surface area contributed by atoms with Gasteiger partial charge in [-0.2, -0.15) is 0 Å². The van der Waals surface area contributed by atoms with E-state index in [1.807, 2.05) is 11.9 Å². The fraction of sp³-hybridized carbons (Fsp3) is 0.455. The van der Waals surface area contributed by atoms with Crippen molar-refractivity contribution in [2.75, 3.05) is 13.6 Å². The molecule has 1 fully saturated rings. The molecule has 88 valence electrons. The predicted molar refractivity (Wildman–Crippen MR) is 54.3 cm³/mol. The largest absolute Gasteiger partial charge is 0.326 e. The zero-order valence-corrected chi connectivity index (χ0v) is 8.88. The van der Waals surface area contributed by atoms with Crippen LogP contribution in [0.25, 0.3) is 0 Å². The quantitative estimate of drug-likeness (QED) is 0.745. The highest BCUT2D eigenvalue weighted by molar-refractivity contribution is 5.25. The number of hydrogen-bond donors (Lipinski definition) is 1. The van der Waals surface area contributed by atoms with Gasteiger partial charge >= 0.3 is 0 Å². The van der Waals surface area contributed by atoms with Crippen LogP contribution < -0.4 is 5.73 Å². The molecular formula is C11H13F3N2. The van der Waals surface area contributed by atoms with Crippen molar-refractivity contribution in [3.63, 3.8) is 0 Å². The van der Waals surface area contributed by atoms with Gasteiger partial charge in [0.25, 0.3) is 0 Å². The zero-order valence-electron chi connectivity index (χ0n) is 8.88. The van der Waals surface area contributed by atoms with Crippen LogP contribution in [0.2, 0.25) is 0 Å². The number of likely N-dealkylation sites (tertiary alicyclic amines) is 1. The third-order valence-electron chi connectivity index (χ3n) is 3.04. The van der Waals surface area contributed by atoms with Gasteiger partial charge in [-0.1, -0.05) is 0 Å². The Labute approximate surface area is 91.8 Å². The molecule has 16 heavy (non-hydrogen) atoms. The Kier molecular flexibility index (Phi) is 2.90. The second-order valence-electron chi connectivity index (χ2n) is 4.18. The van der Waals surface area contributed by atoms with E-state index in [0.29, 0.717) is 5.56 Å². The molecule has 0 aromatic heterocycles. The third kappa shape index (κ3) is 1.81. The molecule has 2 unspecified atom stereocenters. The highest BCUT2D eigenvalue weighted by atomic mass is 19.2. The van der Waals surface area contributed by atoms with Gasteiger partial charge in [0.05, 0.1) is 0 Å². The first-order valence-electron chi connectivity index (χ1n) is 5.11. The Morgan fingerprint density at radius 3 is 2.25 bits per heavy atom. The number of hydrogen-bond acceptors (Lipinski definition) is 2. The molecule has 1 heterocycles. The van der Waals surface area contributed by atoms with Crippen molar-refractivity contribution in [1.82, 2.24) is 4.90 Å². The second-order valence-corrected chi connectivity index (χ2v) is 4.18. The van der Waals surface area contributed by atoms with Gasteiger partial charge in [-0.05, 0) is 31.2 Å². The summed E-state index contributed by atoms with van der Waals surface area (Å²) in [5.41, 5.74) is 6.25. The van der Waals surface area contributed by atoms with Gasteiger partial charge in [0.15, 0.2) is 17.5 Å². The number of nitrogens with two attached hydrogens (primary N) is 1. The van der Waals surface area contributed by atoms with Crippen LogP contribution in [0.4, 0.5) is 13.2 Å². The summed E-state index contributed by atoms with van der Waals surface area (Å²) < 4.78 is 38.9. The van der Waals surface area contributed by atoms with Crippen LogP contribution in [0.3, 0.4) is 0 Å². The summed E-state index contributed by atoms with van der Waals surface area (Å²) in [6, 6.07) is 1.62. The molecule has 2 atom stereocenters. The molecule has 2 rings (SSSR count). The average molecular weight is 230 g/mol. The molecule has 0 bridgehead atoms. The first kappa shape index (κ1) is 11.4. The van der Waals surface area contributed by atoms with Gasteiger partial charge in [-0.25, -0.2) is 13.2 Å². The summed E-state index contributed by atoms with van der Waals surface area (Å²) in [6.07, 6.45) is 0.766. The minimum Gasteiger partial charge on any atom is -0.326 e. The fourth-order valence-corrected chi connectivity index (χ4v) is 2.22. The molecule has 1 aromatic carbocycles. The Hall–Kier alpha value is -1.07. The van der Waals surface area contributed by atoms with Crippen molar-refractivity contribution in [3.05, 3.63) is 35.1 Å². The van der Waals surface area contributed by atoms with Crippen molar-refractivity contribution >= 4 is 0 Å². The lowest BCUT2D eigenvalue weighted by Crippen LogP contribution is -2.29. The number of likely N-dealkylation sites (N-methyl/N-ethyl adjacent to an activating group) is 1. The van der Waals surface area contributed by atoms with Gasteiger partial charge < -0.3 is 5.73 Å². The van der Waals surface area contributed by atoms with Crippen molar-refractivity contribution in [2.24, 2.45) is 5.73 Å². The average Bonchev–Trinajstić information content (AvgIpc) is 2.54. The summed E-state index contributed by atoms with van der Waals surface area (Å²) in [7, 11) is 1.83. The number of rotatable bonds is 1. The van der Waals surface area contributed by atoms with E-state index < -0.39 is 17.5 Å².